The summed E-state index contributed by atoms with van der Waals surface area (Å²) in [6, 6.07) is 3.71. The molecule has 0 aliphatic heterocycles. The van der Waals surface area contributed by atoms with E-state index >= 15 is 0 Å². The number of carbonyl (C=O) groups is 2. The lowest BCUT2D eigenvalue weighted by Crippen LogP contribution is -2.23. The van der Waals surface area contributed by atoms with Gasteiger partial charge in [-0.05, 0) is 31.5 Å². The van der Waals surface area contributed by atoms with Gasteiger partial charge in [-0.25, -0.2) is 9.59 Å². The number of amides is 1. The minimum Gasteiger partial charge on any atom is -0.507 e. The molecule has 0 fully saturated rings. The number of nitrogens with one attached hydrogen (secondary N) is 1. The Balaban J connectivity index is 2.41. The molecule has 1 amide bonds. The maximum Gasteiger partial charge on any atom is 0.413 e. The second-order valence-electron chi connectivity index (χ2n) is 5.07. The van der Waals surface area contributed by atoms with E-state index in [1.54, 1.807) is 6.92 Å². The van der Waals surface area contributed by atoms with Crippen LogP contribution in [-0.4, -0.2) is 35.2 Å². The molecule has 7 heteroatoms. The van der Waals surface area contributed by atoms with Crippen LogP contribution in [0.25, 0.3) is 0 Å². The molecule has 1 atom stereocenters. The number of carboxylic acid groups (broad SMARTS) is 1. The van der Waals surface area contributed by atoms with Crippen molar-refractivity contribution < 1.29 is 29.3 Å². The molecular weight excluding hydrogens is 302 g/mol. The Labute approximate surface area is 135 Å². The van der Waals surface area contributed by atoms with E-state index in [0.717, 1.165) is 31.7 Å². The molecule has 1 aromatic carbocycles. The Kier molecular flexibility index (Phi) is 7.90. The molecule has 3 N–H and O–H groups in total. The highest BCUT2D eigenvalue weighted by atomic mass is 16.7. The molecule has 0 bridgehead atoms. The summed E-state index contributed by atoms with van der Waals surface area (Å²) >= 11 is 0. The minimum atomic E-state index is -1.29. The first-order valence-corrected chi connectivity index (χ1v) is 7.59. The summed E-state index contributed by atoms with van der Waals surface area (Å²) in [4.78, 5) is 22.6. The molecular formula is C16H23NO6. The molecule has 0 aliphatic carbocycles. The topological polar surface area (TPSA) is 105 Å². The number of hydrogen-bond donors (Lipinski definition) is 3. The second kappa shape index (κ2) is 9.68. The molecule has 128 valence electrons. The zero-order valence-electron chi connectivity index (χ0n) is 13.4. The van der Waals surface area contributed by atoms with Crippen LogP contribution < -0.4 is 5.32 Å². The van der Waals surface area contributed by atoms with Gasteiger partial charge < -0.3 is 19.7 Å². The summed E-state index contributed by atoms with van der Waals surface area (Å²) in [5.41, 5.74) is -0.0941. The summed E-state index contributed by atoms with van der Waals surface area (Å²) in [6.07, 6.45) is 2.80. The fourth-order valence-electron chi connectivity index (χ4n) is 1.90. The van der Waals surface area contributed by atoms with Gasteiger partial charge in [0.05, 0.1) is 6.61 Å². The van der Waals surface area contributed by atoms with Crippen molar-refractivity contribution in [3.8, 4) is 5.75 Å². The number of carboxylic acids is 1. The third-order valence-corrected chi connectivity index (χ3v) is 3.10. The molecule has 0 aliphatic rings. The standard InChI is InChI=1S/C16H23NO6/c1-3-4-5-6-9-22-11(2)23-16(21)17-12-7-8-14(18)13(10-12)15(19)20/h7-8,10-11,18H,3-6,9H2,1-2H3,(H,17,21)(H,19,20). The zero-order chi connectivity index (χ0) is 17.2. The van der Waals surface area contributed by atoms with Gasteiger partial charge in [-0.15, -0.1) is 0 Å². The molecule has 0 radical (unpaired) electrons. The number of rotatable bonds is 9. The van der Waals surface area contributed by atoms with Crippen LogP contribution in [0.5, 0.6) is 5.75 Å². The Morgan fingerprint density at radius 1 is 1.26 bits per heavy atom. The van der Waals surface area contributed by atoms with E-state index in [-0.39, 0.29) is 17.0 Å². The van der Waals surface area contributed by atoms with Gasteiger partial charge in [0, 0.05) is 5.69 Å². The highest BCUT2D eigenvalue weighted by Crippen LogP contribution is 2.21. The van der Waals surface area contributed by atoms with Crippen molar-refractivity contribution in [3.63, 3.8) is 0 Å². The van der Waals surface area contributed by atoms with Crippen molar-refractivity contribution in [3.05, 3.63) is 23.8 Å². The molecule has 1 unspecified atom stereocenters. The maximum absolute atomic E-state index is 11.7. The number of phenols is 1. The van der Waals surface area contributed by atoms with Gasteiger partial charge in [-0.2, -0.15) is 0 Å². The van der Waals surface area contributed by atoms with Gasteiger partial charge in [0.1, 0.15) is 11.3 Å². The number of hydrogen-bond acceptors (Lipinski definition) is 5. The van der Waals surface area contributed by atoms with Crippen LogP contribution in [0, 0.1) is 0 Å². The van der Waals surface area contributed by atoms with Crippen LogP contribution in [0.2, 0.25) is 0 Å². The lowest BCUT2D eigenvalue weighted by atomic mass is 10.2. The predicted molar refractivity (Wildman–Crippen MR) is 84.7 cm³/mol. The van der Waals surface area contributed by atoms with Gasteiger partial charge >= 0.3 is 12.1 Å². The van der Waals surface area contributed by atoms with Crippen LogP contribution in [0.15, 0.2) is 18.2 Å². The number of aromatic carboxylic acids is 1. The summed E-state index contributed by atoms with van der Waals surface area (Å²) < 4.78 is 10.4. The first-order chi connectivity index (χ1) is 10.9. The Bertz CT molecular complexity index is 531. The smallest absolute Gasteiger partial charge is 0.413 e. The number of anilines is 1. The fraction of sp³-hybridized carbons (Fsp3) is 0.500. The second-order valence-corrected chi connectivity index (χ2v) is 5.07. The Morgan fingerprint density at radius 3 is 2.65 bits per heavy atom. The lowest BCUT2D eigenvalue weighted by Gasteiger charge is -2.15. The number of benzene rings is 1. The first-order valence-electron chi connectivity index (χ1n) is 7.59. The molecule has 23 heavy (non-hydrogen) atoms. The van der Waals surface area contributed by atoms with Crippen molar-refractivity contribution in [1.82, 2.24) is 0 Å². The number of aromatic hydroxyl groups is 1. The van der Waals surface area contributed by atoms with E-state index in [4.69, 9.17) is 14.6 Å². The third-order valence-electron chi connectivity index (χ3n) is 3.10. The normalized spacial score (nSPS) is 11.7. The van der Waals surface area contributed by atoms with Crippen LogP contribution in [0.1, 0.15) is 49.9 Å². The molecule has 0 heterocycles. The van der Waals surface area contributed by atoms with Crippen LogP contribution >= 0.6 is 0 Å². The van der Waals surface area contributed by atoms with E-state index in [0.29, 0.717) is 6.61 Å². The molecule has 0 saturated heterocycles. The SMILES string of the molecule is CCCCCCOC(C)OC(=O)Nc1ccc(O)c(C(=O)O)c1. The van der Waals surface area contributed by atoms with Crippen molar-refractivity contribution in [2.75, 3.05) is 11.9 Å². The highest BCUT2D eigenvalue weighted by Gasteiger charge is 2.13. The van der Waals surface area contributed by atoms with Gasteiger partial charge in [0.2, 0.25) is 6.29 Å². The molecule has 0 spiro atoms. The van der Waals surface area contributed by atoms with E-state index in [9.17, 15) is 14.7 Å². The largest absolute Gasteiger partial charge is 0.507 e. The van der Waals surface area contributed by atoms with E-state index < -0.39 is 18.4 Å². The monoisotopic (exact) mass is 325 g/mol. The van der Waals surface area contributed by atoms with Crippen molar-refractivity contribution in [2.24, 2.45) is 0 Å². The van der Waals surface area contributed by atoms with Crippen LogP contribution in [0.4, 0.5) is 10.5 Å². The molecule has 0 saturated carbocycles. The Hall–Kier alpha value is -2.28. The number of carbonyl (C=O) groups excluding carboxylic acids is 1. The maximum atomic E-state index is 11.7. The molecule has 1 rings (SSSR count). The summed E-state index contributed by atoms with van der Waals surface area (Å²) in [7, 11) is 0. The van der Waals surface area contributed by atoms with Crippen LogP contribution in [0.3, 0.4) is 0 Å². The summed E-state index contributed by atoms with van der Waals surface area (Å²) in [5.74, 6) is -1.66. The number of unbranched alkanes of at least 4 members (excludes halogenated alkanes) is 3. The van der Waals surface area contributed by atoms with E-state index in [2.05, 4.69) is 12.2 Å². The third kappa shape index (κ3) is 7.01. The van der Waals surface area contributed by atoms with Gasteiger partial charge in [0.25, 0.3) is 0 Å². The van der Waals surface area contributed by atoms with Crippen molar-refractivity contribution >= 4 is 17.7 Å². The lowest BCUT2D eigenvalue weighted by molar-refractivity contribution is -0.0881. The zero-order valence-corrected chi connectivity index (χ0v) is 13.4. The first kappa shape index (κ1) is 18.8. The van der Waals surface area contributed by atoms with Crippen LogP contribution in [-0.2, 0) is 9.47 Å². The predicted octanol–water partition coefficient (Wildman–Crippen LogP) is 3.58. The quantitative estimate of drug-likeness (QED) is 0.364. The molecule has 1 aromatic rings. The van der Waals surface area contributed by atoms with Crippen molar-refractivity contribution in [2.45, 2.75) is 45.8 Å². The highest BCUT2D eigenvalue weighted by molar-refractivity contribution is 5.93. The summed E-state index contributed by atoms with van der Waals surface area (Å²) in [6.45, 7) is 4.24. The number of ether oxygens (including phenoxy) is 2. The van der Waals surface area contributed by atoms with Gasteiger partial charge in [-0.3, -0.25) is 5.32 Å². The fourth-order valence-corrected chi connectivity index (χ4v) is 1.90. The Morgan fingerprint density at radius 2 is 2.00 bits per heavy atom. The summed E-state index contributed by atoms with van der Waals surface area (Å²) in [5, 5.41) is 20.7. The molecule has 7 nitrogen and oxygen atoms in total. The average Bonchev–Trinajstić information content (AvgIpc) is 2.48. The van der Waals surface area contributed by atoms with E-state index in [1.165, 1.54) is 12.1 Å². The van der Waals surface area contributed by atoms with Gasteiger partial charge in [0.15, 0.2) is 0 Å². The average molecular weight is 325 g/mol. The molecule has 0 aromatic heterocycles. The minimum absolute atomic E-state index is 0.209. The van der Waals surface area contributed by atoms with E-state index in [1.807, 2.05) is 0 Å². The van der Waals surface area contributed by atoms with Crippen molar-refractivity contribution in [1.29, 1.82) is 0 Å². The van der Waals surface area contributed by atoms with Gasteiger partial charge in [-0.1, -0.05) is 26.2 Å².